The third-order valence-electron chi connectivity index (χ3n) is 2.09. The van der Waals surface area contributed by atoms with E-state index in [4.69, 9.17) is 0 Å². The fourth-order valence-corrected chi connectivity index (χ4v) is 1.95. The number of hydrogen-bond acceptors (Lipinski definition) is 6. The SMILES string of the molecule is CNC(=O)CSc1nnnn1CCNC(C)(C)C. The molecule has 7 nitrogen and oxygen atoms in total. The molecule has 0 unspecified atom stereocenters. The quantitative estimate of drug-likeness (QED) is 0.704. The second-order valence-electron chi connectivity index (χ2n) is 4.82. The molecule has 0 aliphatic rings. The molecule has 0 spiro atoms. The molecule has 0 aliphatic carbocycles. The number of nitrogens with zero attached hydrogens (tertiary/aromatic N) is 4. The molecule has 2 N–H and O–H groups in total. The highest BCUT2D eigenvalue weighted by Crippen LogP contribution is 2.12. The standard InChI is InChI=1S/C10H20N6OS/c1-10(2,3)12-5-6-16-9(13-14-15-16)18-7-8(17)11-4/h12H,5-7H2,1-4H3,(H,11,17). The van der Waals surface area contributed by atoms with Gasteiger partial charge in [0.1, 0.15) is 0 Å². The monoisotopic (exact) mass is 272 g/mol. The number of rotatable bonds is 6. The van der Waals surface area contributed by atoms with Crippen LogP contribution in [0.25, 0.3) is 0 Å². The molecule has 1 aromatic rings. The summed E-state index contributed by atoms with van der Waals surface area (Å²) >= 11 is 1.33. The molecule has 0 radical (unpaired) electrons. The van der Waals surface area contributed by atoms with Gasteiger partial charge in [-0.2, -0.15) is 0 Å². The summed E-state index contributed by atoms with van der Waals surface area (Å²) in [6, 6.07) is 0. The van der Waals surface area contributed by atoms with E-state index in [9.17, 15) is 4.79 Å². The summed E-state index contributed by atoms with van der Waals surface area (Å²) in [4.78, 5) is 11.1. The number of tetrazole rings is 1. The largest absolute Gasteiger partial charge is 0.358 e. The van der Waals surface area contributed by atoms with Crippen LogP contribution in [0, 0.1) is 0 Å². The lowest BCUT2D eigenvalue weighted by Crippen LogP contribution is -2.38. The lowest BCUT2D eigenvalue weighted by molar-refractivity contribution is -0.118. The molecule has 0 atom stereocenters. The zero-order chi connectivity index (χ0) is 13.6. The molecule has 0 saturated heterocycles. The molecular weight excluding hydrogens is 252 g/mol. The van der Waals surface area contributed by atoms with Crippen LogP contribution < -0.4 is 10.6 Å². The van der Waals surface area contributed by atoms with Gasteiger partial charge in [0.2, 0.25) is 11.1 Å². The summed E-state index contributed by atoms with van der Waals surface area (Å²) in [6.45, 7) is 7.78. The highest BCUT2D eigenvalue weighted by molar-refractivity contribution is 7.99. The Morgan fingerprint density at radius 3 is 2.78 bits per heavy atom. The Morgan fingerprint density at radius 1 is 1.44 bits per heavy atom. The van der Waals surface area contributed by atoms with Gasteiger partial charge in [-0.25, -0.2) is 4.68 Å². The van der Waals surface area contributed by atoms with E-state index in [1.54, 1.807) is 11.7 Å². The maximum atomic E-state index is 11.1. The van der Waals surface area contributed by atoms with Crippen LogP contribution in [-0.2, 0) is 11.3 Å². The van der Waals surface area contributed by atoms with E-state index in [-0.39, 0.29) is 11.4 Å². The Morgan fingerprint density at radius 2 is 2.17 bits per heavy atom. The van der Waals surface area contributed by atoms with Crippen molar-refractivity contribution in [3.63, 3.8) is 0 Å². The third-order valence-corrected chi connectivity index (χ3v) is 3.05. The van der Waals surface area contributed by atoms with E-state index in [2.05, 4.69) is 46.9 Å². The summed E-state index contributed by atoms with van der Waals surface area (Å²) in [7, 11) is 1.61. The number of carbonyl (C=O) groups excluding carboxylic acids is 1. The number of amides is 1. The Balaban J connectivity index is 2.42. The Bertz CT molecular complexity index is 386. The van der Waals surface area contributed by atoms with Gasteiger partial charge in [0.15, 0.2) is 0 Å². The molecule has 1 rings (SSSR count). The van der Waals surface area contributed by atoms with Crippen molar-refractivity contribution in [2.24, 2.45) is 0 Å². The minimum atomic E-state index is -0.0395. The molecule has 18 heavy (non-hydrogen) atoms. The van der Waals surface area contributed by atoms with Gasteiger partial charge in [-0.15, -0.1) is 5.10 Å². The number of thioether (sulfide) groups is 1. The van der Waals surface area contributed by atoms with Crippen molar-refractivity contribution in [3.8, 4) is 0 Å². The van der Waals surface area contributed by atoms with Crippen molar-refractivity contribution in [1.29, 1.82) is 0 Å². The molecule has 0 aliphatic heterocycles. The van der Waals surface area contributed by atoms with Gasteiger partial charge in [-0.1, -0.05) is 11.8 Å². The maximum absolute atomic E-state index is 11.1. The first-order valence-electron chi connectivity index (χ1n) is 5.77. The average molecular weight is 272 g/mol. The first-order chi connectivity index (χ1) is 8.42. The minimum absolute atomic E-state index is 0.0395. The average Bonchev–Trinajstić information content (AvgIpc) is 2.72. The Kier molecular flexibility index (Phi) is 5.54. The first-order valence-corrected chi connectivity index (χ1v) is 6.75. The Hall–Kier alpha value is -1.15. The highest BCUT2D eigenvalue weighted by atomic mass is 32.2. The van der Waals surface area contributed by atoms with E-state index in [1.165, 1.54) is 11.8 Å². The number of carbonyl (C=O) groups is 1. The van der Waals surface area contributed by atoms with E-state index in [0.29, 0.717) is 17.5 Å². The van der Waals surface area contributed by atoms with Crippen LogP contribution in [0.4, 0.5) is 0 Å². The molecule has 1 aromatic heterocycles. The van der Waals surface area contributed by atoms with E-state index >= 15 is 0 Å². The lowest BCUT2D eigenvalue weighted by Gasteiger charge is -2.20. The summed E-state index contributed by atoms with van der Waals surface area (Å²) in [5, 5.41) is 18.0. The number of aromatic nitrogens is 4. The van der Waals surface area contributed by atoms with Crippen molar-refractivity contribution in [3.05, 3.63) is 0 Å². The predicted molar refractivity (Wildman–Crippen MR) is 70.4 cm³/mol. The van der Waals surface area contributed by atoms with Crippen LogP contribution in [0.5, 0.6) is 0 Å². The normalized spacial score (nSPS) is 11.6. The topological polar surface area (TPSA) is 84.7 Å². The van der Waals surface area contributed by atoms with E-state index < -0.39 is 0 Å². The first kappa shape index (κ1) is 14.9. The van der Waals surface area contributed by atoms with Crippen molar-refractivity contribution in [2.75, 3.05) is 19.3 Å². The number of hydrogen-bond donors (Lipinski definition) is 2. The van der Waals surface area contributed by atoms with Gasteiger partial charge in [0.05, 0.1) is 12.3 Å². The van der Waals surface area contributed by atoms with Gasteiger partial charge in [-0.05, 0) is 31.2 Å². The van der Waals surface area contributed by atoms with Crippen molar-refractivity contribution in [1.82, 2.24) is 30.8 Å². The van der Waals surface area contributed by atoms with Crippen molar-refractivity contribution < 1.29 is 4.79 Å². The molecule has 102 valence electrons. The van der Waals surface area contributed by atoms with Crippen LogP contribution in [0.15, 0.2) is 5.16 Å². The van der Waals surface area contributed by atoms with E-state index in [1.807, 2.05) is 0 Å². The van der Waals surface area contributed by atoms with Gasteiger partial charge < -0.3 is 10.6 Å². The zero-order valence-electron chi connectivity index (χ0n) is 11.2. The summed E-state index contributed by atoms with van der Waals surface area (Å²) in [6.07, 6.45) is 0. The molecule has 0 aromatic carbocycles. The van der Waals surface area contributed by atoms with Crippen molar-refractivity contribution in [2.45, 2.75) is 38.0 Å². The van der Waals surface area contributed by atoms with Crippen LogP contribution in [0.1, 0.15) is 20.8 Å². The summed E-state index contributed by atoms with van der Waals surface area (Å²) in [5.74, 6) is 0.284. The second-order valence-corrected chi connectivity index (χ2v) is 5.77. The molecule has 0 saturated carbocycles. The maximum Gasteiger partial charge on any atom is 0.230 e. The molecule has 1 heterocycles. The van der Waals surface area contributed by atoms with Crippen LogP contribution in [0.2, 0.25) is 0 Å². The van der Waals surface area contributed by atoms with Crippen molar-refractivity contribution >= 4 is 17.7 Å². The fourth-order valence-electron chi connectivity index (χ4n) is 1.18. The number of nitrogens with one attached hydrogen (secondary N) is 2. The summed E-state index contributed by atoms with van der Waals surface area (Å²) < 4.78 is 1.70. The molecular formula is C10H20N6OS. The second kappa shape index (κ2) is 6.69. The smallest absolute Gasteiger partial charge is 0.230 e. The van der Waals surface area contributed by atoms with E-state index in [0.717, 1.165) is 6.54 Å². The molecule has 8 heteroatoms. The highest BCUT2D eigenvalue weighted by Gasteiger charge is 2.11. The van der Waals surface area contributed by atoms with Crippen LogP contribution in [-0.4, -0.2) is 51.0 Å². The summed E-state index contributed by atoms with van der Waals surface area (Å²) in [5.41, 5.74) is 0.0728. The minimum Gasteiger partial charge on any atom is -0.358 e. The molecule has 1 amide bonds. The van der Waals surface area contributed by atoms with Crippen LogP contribution in [0.3, 0.4) is 0 Å². The zero-order valence-corrected chi connectivity index (χ0v) is 12.0. The van der Waals surface area contributed by atoms with Gasteiger partial charge in [0, 0.05) is 19.1 Å². The Labute approximate surface area is 111 Å². The third kappa shape index (κ3) is 5.46. The molecule has 0 bridgehead atoms. The van der Waals surface area contributed by atoms with Gasteiger partial charge in [-0.3, -0.25) is 4.79 Å². The molecule has 0 fully saturated rings. The van der Waals surface area contributed by atoms with Gasteiger partial charge in [0.25, 0.3) is 0 Å². The fraction of sp³-hybridized carbons (Fsp3) is 0.800. The lowest BCUT2D eigenvalue weighted by atomic mass is 10.1. The predicted octanol–water partition coefficient (Wildman–Crippen LogP) is -0.101. The van der Waals surface area contributed by atoms with Gasteiger partial charge >= 0.3 is 0 Å². The van der Waals surface area contributed by atoms with Crippen LogP contribution >= 0.6 is 11.8 Å².